The first-order chi connectivity index (χ1) is 12.4. The molecule has 3 aromatic carbocycles. The standard InChI is InChI=1S/C22H20ClNO2/c1-22(2,26-17-11-9-16(23)10-12-17)21(25)24-19-13-8-15-7-6-14-4-3-5-18(19)20(14)15/h3-5,8-13H,6-7H2,1-2H3,(H,24,25). The molecule has 0 heterocycles. The zero-order valence-corrected chi connectivity index (χ0v) is 15.6. The molecule has 0 unspecified atom stereocenters. The highest BCUT2D eigenvalue weighted by molar-refractivity contribution is 6.30. The van der Waals surface area contributed by atoms with Gasteiger partial charge < -0.3 is 10.1 Å². The maximum atomic E-state index is 12.9. The second-order valence-corrected chi connectivity index (χ2v) is 7.57. The van der Waals surface area contributed by atoms with E-state index in [1.807, 2.05) is 6.07 Å². The van der Waals surface area contributed by atoms with Gasteiger partial charge in [0, 0.05) is 16.1 Å². The fourth-order valence-corrected chi connectivity index (χ4v) is 3.60. The monoisotopic (exact) mass is 365 g/mol. The molecule has 0 aromatic heterocycles. The van der Waals surface area contributed by atoms with E-state index >= 15 is 0 Å². The summed E-state index contributed by atoms with van der Waals surface area (Å²) in [6, 6.07) is 17.4. The van der Waals surface area contributed by atoms with Gasteiger partial charge in [-0.15, -0.1) is 0 Å². The van der Waals surface area contributed by atoms with Crippen molar-refractivity contribution in [3.8, 4) is 5.75 Å². The molecule has 0 spiro atoms. The molecule has 0 bridgehead atoms. The zero-order chi connectivity index (χ0) is 18.3. The number of halogens is 1. The van der Waals surface area contributed by atoms with Gasteiger partial charge in [-0.1, -0.05) is 35.9 Å². The maximum Gasteiger partial charge on any atom is 0.267 e. The molecule has 1 amide bonds. The fraction of sp³-hybridized carbons (Fsp3) is 0.227. The van der Waals surface area contributed by atoms with Gasteiger partial charge in [0.1, 0.15) is 5.75 Å². The van der Waals surface area contributed by atoms with Gasteiger partial charge in [0.2, 0.25) is 0 Å². The number of nitrogens with one attached hydrogen (secondary N) is 1. The van der Waals surface area contributed by atoms with Crippen LogP contribution in [0.25, 0.3) is 10.8 Å². The third kappa shape index (κ3) is 3.04. The lowest BCUT2D eigenvalue weighted by Crippen LogP contribution is -2.42. The predicted molar refractivity (Wildman–Crippen MR) is 106 cm³/mol. The third-order valence-electron chi connectivity index (χ3n) is 4.86. The molecule has 132 valence electrons. The Hall–Kier alpha value is -2.52. The number of ether oxygens (including phenoxy) is 1. The summed E-state index contributed by atoms with van der Waals surface area (Å²) in [4.78, 5) is 12.9. The van der Waals surface area contributed by atoms with Crippen molar-refractivity contribution in [2.75, 3.05) is 5.32 Å². The molecule has 4 rings (SSSR count). The van der Waals surface area contributed by atoms with Crippen LogP contribution in [-0.4, -0.2) is 11.5 Å². The van der Waals surface area contributed by atoms with Gasteiger partial charge in [-0.25, -0.2) is 0 Å². The van der Waals surface area contributed by atoms with Crippen molar-refractivity contribution in [2.24, 2.45) is 0 Å². The smallest absolute Gasteiger partial charge is 0.267 e. The molecule has 0 fully saturated rings. The van der Waals surface area contributed by atoms with Crippen LogP contribution < -0.4 is 10.1 Å². The summed E-state index contributed by atoms with van der Waals surface area (Å²) in [7, 11) is 0. The summed E-state index contributed by atoms with van der Waals surface area (Å²) in [5, 5.41) is 6.05. The van der Waals surface area contributed by atoms with Crippen molar-refractivity contribution < 1.29 is 9.53 Å². The lowest BCUT2D eigenvalue weighted by Gasteiger charge is -2.25. The van der Waals surface area contributed by atoms with Crippen LogP contribution in [0.2, 0.25) is 5.02 Å². The second kappa shape index (κ2) is 6.33. The van der Waals surface area contributed by atoms with Crippen molar-refractivity contribution in [1.29, 1.82) is 0 Å². The van der Waals surface area contributed by atoms with Gasteiger partial charge in [-0.05, 0) is 73.5 Å². The Morgan fingerprint density at radius 2 is 1.69 bits per heavy atom. The van der Waals surface area contributed by atoms with Crippen LogP contribution in [-0.2, 0) is 17.6 Å². The highest BCUT2D eigenvalue weighted by Crippen LogP contribution is 2.35. The quantitative estimate of drug-likeness (QED) is 0.673. The van der Waals surface area contributed by atoms with E-state index < -0.39 is 5.60 Å². The topological polar surface area (TPSA) is 38.3 Å². The largest absolute Gasteiger partial charge is 0.478 e. The van der Waals surface area contributed by atoms with Crippen LogP contribution in [0.3, 0.4) is 0 Å². The normalized spacial score (nSPS) is 13.0. The van der Waals surface area contributed by atoms with Gasteiger partial charge in [0.05, 0.1) is 0 Å². The van der Waals surface area contributed by atoms with Gasteiger partial charge >= 0.3 is 0 Å². The van der Waals surface area contributed by atoms with E-state index in [4.69, 9.17) is 16.3 Å². The first-order valence-electron chi connectivity index (χ1n) is 8.73. The molecule has 0 radical (unpaired) electrons. The van der Waals surface area contributed by atoms with E-state index in [9.17, 15) is 4.79 Å². The number of aryl methyl sites for hydroxylation is 2. The lowest BCUT2D eigenvalue weighted by molar-refractivity contribution is -0.128. The number of anilines is 1. The molecule has 0 saturated carbocycles. The minimum atomic E-state index is -1.02. The van der Waals surface area contributed by atoms with E-state index in [2.05, 4.69) is 29.6 Å². The number of carbonyl (C=O) groups is 1. The number of hydrogen-bond donors (Lipinski definition) is 1. The maximum absolute atomic E-state index is 12.9. The summed E-state index contributed by atoms with van der Waals surface area (Å²) < 4.78 is 5.89. The molecule has 3 nitrogen and oxygen atoms in total. The molecule has 0 aliphatic heterocycles. The SMILES string of the molecule is CC(C)(Oc1ccc(Cl)cc1)C(=O)Nc1ccc2c3c(cccc13)CC2. The van der Waals surface area contributed by atoms with Crippen LogP contribution >= 0.6 is 11.6 Å². The van der Waals surface area contributed by atoms with E-state index in [1.165, 1.54) is 16.5 Å². The Morgan fingerprint density at radius 1 is 1.00 bits per heavy atom. The second-order valence-electron chi connectivity index (χ2n) is 7.13. The number of amides is 1. The summed E-state index contributed by atoms with van der Waals surface area (Å²) in [6.07, 6.45) is 2.13. The Labute approximate surface area is 157 Å². The molecule has 4 heteroatoms. The zero-order valence-electron chi connectivity index (χ0n) is 14.8. The van der Waals surface area contributed by atoms with E-state index in [0.717, 1.165) is 23.9 Å². The van der Waals surface area contributed by atoms with Gasteiger partial charge in [0.25, 0.3) is 5.91 Å². The van der Waals surface area contributed by atoms with Gasteiger partial charge in [-0.3, -0.25) is 4.79 Å². The minimum absolute atomic E-state index is 0.189. The van der Waals surface area contributed by atoms with Crippen LogP contribution in [0.1, 0.15) is 25.0 Å². The van der Waals surface area contributed by atoms with E-state index in [1.54, 1.807) is 38.1 Å². The first kappa shape index (κ1) is 16.9. The van der Waals surface area contributed by atoms with Crippen molar-refractivity contribution >= 4 is 34.0 Å². The van der Waals surface area contributed by atoms with Gasteiger partial charge in [-0.2, -0.15) is 0 Å². The van der Waals surface area contributed by atoms with Gasteiger partial charge in [0.15, 0.2) is 5.60 Å². The number of carbonyl (C=O) groups excluding carboxylic acids is 1. The number of hydrogen-bond acceptors (Lipinski definition) is 2. The molecule has 0 saturated heterocycles. The molecular weight excluding hydrogens is 346 g/mol. The summed E-state index contributed by atoms with van der Waals surface area (Å²) in [6.45, 7) is 3.52. The van der Waals surface area contributed by atoms with Crippen LogP contribution in [0.15, 0.2) is 54.6 Å². The molecule has 1 N–H and O–H groups in total. The minimum Gasteiger partial charge on any atom is -0.478 e. The Bertz CT molecular complexity index is 983. The fourth-order valence-electron chi connectivity index (χ4n) is 3.47. The lowest BCUT2D eigenvalue weighted by atomic mass is 10.0. The molecule has 3 aromatic rings. The highest BCUT2D eigenvalue weighted by atomic mass is 35.5. The third-order valence-corrected chi connectivity index (χ3v) is 5.11. The van der Waals surface area contributed by atoms with Crippen molar-refractivity contribution in [3.05, 3.63) is 70.7 Å². The van der Waals surface area contributed by atoms with Crippen molar-refractivity contribution in [1.82, 2.24) is 0 Å². The summed E-state index contributed by atoms with van der Waals surface area (Å²) >= 11 is 5.90. The van der Waals surface area contributed by atoms with E-state index in [0.29, 0.717) is 10.8 Å². The summed E-state index contributed by atoms with van der Waals surface area (Å²) in [5.41, 5.74) is 2.51. The van der Waals surface area contributed by atoms with Crippen LogP contribution in [0.4, 0.5) is 5.69 Å². The molecule has 1 aliphatic carbocycles. The van der Waals surface area contributed by atoms with E-state index in [-0.39, 0.29) is 5.91 Å². The van der Waals surface area contributed by atoms with Crippen LogP contribution in [0.5, 0.6) is 5.75 Å². The molecule has 1 aliphatic rings. The number of rotatable bonds is 4. The molecular formula is C22H20ClNO2. The Kier molecular flexibility index (Phi) is 4.12. The highest BCUT2D eigenvalue weighted by Gasteiger charge is 2.30. The summed E-state index contributed by atoms with van der Waals surface area (Å²) in [5.74, 6) is 0.418. The van der Waals surface area contributed by atoms with Crippen molar-refractivity contribution in [3.63, 3.8) is 0 Å². The Morgan fingerprint density at radius 3 is 2.42 bits per heavy atom. The molecule has 26 heavy (non-hydrogen) atoms. The predicted octanol–water partition coefficient (Wildman–Crippen LogP) is 5.39. The average molecular weight is 366 g/mol. The Balaban J connectivity index is 1.60. The number of benzene rings is 3. The average Bonchev–Trinajstić information content (AvgIpc) is 3.04. The van der Waals surface area contributed by atoms with Crippen molar-refractivity contribution in [2.45, 2.75) is 32.3 Å². The van der Waals surface area contributed by atoms with Crippen LogP contribution in [0, 0.1) is 0 Å². The molecule has 0 atom stereocenters. The first-order valence-corrected chi connectivity index (χ1v) is 9.11.